The maximum Gasteiger partial charge on any atom is 0.337 e. The molecule has 2 rings (SSSR count). The SMILES string of the molecule is COC(=O)c1cccc([C@H](O)c2ccccc2)c1. The Balaban J connectivity index is 2.31. The highest BCUT2D eigenvalue weighted by atomic mass is 16.5. The zero-order valence-electron chi connectivity index (χ0n) is 10.0. The van der Waals surface area contributed by atoms with Gasteiger partial charge >= 0.3 is 5.97 Å². The van der Waals surface area contributed by atoms with Gasteiger partial charge in [0.25, 0.3) is 0 Å². The van der Waals surface area contributed by atoms with Gasteiger partial charge in [0.1, 0.15) is 6.10 Å². The number of aliphatic hydroxyl groups is 1. The summed E-state index contributed by atoms with van der Waals surface area (Å²) in [7, 11) is 1.34. The molecule has 0 bridgehead atoms. The van der Waals surface area contributed by atoms with Crippen LogP contribution < -0.4 is 0 Å². The number of aliphatic hydroxyl groups excluding tert-OH is 1. The van der Waals surface area contributed by atoms with Crippen LogP contribution in [0.15, 0.2) is 54.6 Å². The van der Waals surface area contributed by atoms with Gasteiger partial charge in [0, 0.05) is 0 Å². The fourth-order valence-electron chi connectivity index (χ4n) is 1.78. The molecule has 2 aromatic rings. The van der Waals surface area contributed by atoms with E-state index in [-0.39, 0.29) is 0 Å². The van der Waals surface area contributed by atoms with Gasteiger partial charge in [0.15, 0.2) is 0 Å². The van der Waals surface area contributed by atoms with Gasteiger partial charge in [-0.15, -0.1) is 0 Å². The van der Waals surface area contributed by atoms with Crippen LogP contribution in [0, 0.1) is 0 Å². The quantitative estimate of drug-likeness (QED) is 0.841. The Kier molecular flexibility index (Phi) is 3.75. The van der Waals surface area contributed by atoms with Crippen LogP contribution in [-0.4, -0.2) is 18.2 Å². The number of methoxy groups -OCH3 is 1. The van der Waals surface area contributed by atoms with Gasteiger partial charge in [-0.3, -0.25) is 0 Å². The van der Waals surface area contributed by atoms with Crippen molar-refractivity contribution in [3.63, 3.8) is 0 Å². The molecule has 0 aliphatic rings. The predicted molar refractivity (Wildman–Crippen MR) is 68.3 cm³/mol. The number of rotatable bonds is 3. The summed E-state index contributed by atoms with van der Waals surface area (Å²) in [5.74, 6) is -0.405. The number of benzene rings is 2. The van der Waals surface area contributed by atoms with Crippen LogP contribution >= 0.6 is 0 Å². The van der Waals surface area contributed by atoms with E-state index in [1.807, 2.05) is 30.3 Å². The second kappa shape index (κ2) is 5.47. The molecule has 0 heterocycles. The Morgan fingerprint density at radius 3 is 2.39 bits per heavy atom. The number of carbonyl (C=O) groups excluding carboxylic acids is 1. The molecule has 0 saturated carbocycles. The third-order valence-corrected chi connectivity index (χ3v) is 2.74. The van der Waals surface area contributed by atoms with Crippen LogP contribution in [-0.2, 0) is 4.74 Å². The van der Waals surface area contributed by atoms with E-state index in [2.05, 4.69) is 4.74 Å². The summed E-state index contributed by atoms with van der Waals surface area (Å²) in [4.78, 5) is 11.4. The van der Waals surface area contributed by atoms with E-state index < -0.39 is 12.1 Å². The third kappa shape index (κ3) is 2.57. The molecule has 0 aliphatic carbocycles. The van der Waals surface area contributed by atoms with E-state index in [4.69, 9.17) is 0 Å². The summed E-state index contributed by atoms with van der Waals surface area (Å²) in [6.07, 6.45) is -0.740. The lowest BCUT2D eigenvalue weighted by Gasteiger charge is -2.12. The van der Waals surface area contributed by atoms with Crippen molar-refractivity contribution in [1.82, 2.24) is 0 Å². The average Bonchev–Trinajstić information content (AvgIpc) is 2.46. The van der Waals surface area contributed by atoms with Gasteiger partial charge in [-0.2, -0.15) is 0 Å². The van der Waals surface area contributed by atoms with E-state index in [9.17, 15) is 9.90 Å². The molecule has 0 radical (unpaired) electrons. The van der Waals surface area contributed by atoms with Crippen LogP contribution in [0.4, 0.5) is 0 Å². The lowest BCUT2D eigenvalue weighted by atomic mass is 10.00. The molecule has 92 valence electrons. The van der Waals surface area contributed by atoms with Crippen molar-refractivity contribution < 1.29 is 14.6 Å². The van der Waals surface area contributed by atoms with Crippen molar-refractivity contribution >= 4 is 5.97 Å². The first-order chi connectivity index (χ1) is 8.72. The number of carbonyl (C=O) groups is 1. The fourth-order valence-corrected chi connectivity index (χ4v) is 1.78. The first kappa shape index (κ1) is 12.3. The van der Waals surface area contributed by atoms with E-state index in [0.29, 0.717) is 11.1 Å². The smallest absolute Gasteiger partial charge is 0.337 e. The van der Waals surface area contributed by atoms with Gasteiger partial charge in [-0.25, -0.2) is 4.79 Å². The molecular formula is C15H14O3. The number of esters is 1. The van der Waals surface area contributed by atoms with Gasteiger partial charge in [0.2, 0.25) is 0 Å². The number of hydrogen-bond donors (Lipinski definition) is 1. The van der Waals surface area contributed by atoms with E-state index in [0.717, 1.165) is 5.56 Å². The maximum absolute atomic E-state index is 11.4. The van der Waals surface area contributed by atoms with Crippen molar-refractivity contribution in [2.24, 2.45) is 0 Å². The Morgan fingerprint density at radius 1 is 1.06 bits per heavy atom. The highest BCUT2D eigenvalue weighted by Gasteiger charge is 2.12. The third-order valence-electron chi connectivity index (χ3n) is 2.74. The Bertz CT molecular complexity index is 534. The minimum absolute atomic E-state index is 0.405. The van der Waals surface area contributed by atoms with Crippen LogP contribution in [0.2, 0.25) is 0 Å². The monoisotopic (exact) mass is 242 g/mol. The number of hydrogen-bond acceptors (Lipinski definition) is 3. The van der Waals surface area contributed by atoms with Crippen molar-refractivity contribution in [1.29, 1.82) is 0 Å². The van der Waals surface area contributed by atoms with Crippen molar-refractivity contribution in [2.75, 3.05) is 7.11 Å². The van der Waals surface area contributed by atoms with Crippen LogP contribution in [0.3, 0.4) is 0 Å². The minimum Gasteiger partial charge on any atom is -0.465 e. The molecule has 0 spiro atoms. The molecule has 2 aromatic carbocycles. The number of ether oxygens (including phenoxy) is 1. The Morgan fingerprint density at radius 2 is 1.72 bits per heavy atom. The average molecular weight is 242 g/mol. The van der Waals surface area contributed by atoms with Gasteiger partial charge in [-0.1, -0.05) is 42.5 Å². The van der Waals surface area contributed by atoms with Crippen LogP contribution in [0.5, 0.6) is 0 Å². The second-order valence-electron chi connectivity index (χ2n) is 3.93. The standard InChI is InChI=1S/C15H14O3/c1-18-15(17)13-9-5-8-12(10-13)14(16)11-6-3-2-4-7-11/h2-10,14,16H,1H3/t14-/m1/s1. The minimum atomic E-state index is -0.740. The van der Waals surface area contributed by atoms with Crippen molar-refractivity contribution in [3.8, 4) is 0 Å². The molecular weight excluding hydrogens is 228 g/mol. The molecule has 0 unspecified atom stereocenters. The highest BCUT2D eigenvalue weighted by Crippen LogP contribution is 2.22. The Hall–Kier alpha value is -2.13. The predicted octanol–water partition coefficient (Wildman–Crippen LogP) is 2.55. The molecule has 3 nitrogen and oxygen atoms in total. The van der Waals surface area contributed by atoms with Crippen LogP contribution in [0.1, 0.15) is 27.6 Å². The van der Waals surface area contributed by atoms with Crippen molar-refractivity contribution in [3.05, 3.63) is 71.3 Å². The summed E-state index contributed by atoms with van der Waals surface area (Å²) in [6.45, 7) is 0. The van der Waals surface area contributed by atoms with Gasteiger partial charge in [0.05, 0.1) is 12.7 Å². The second-order valence-corrected chi connectivity index (χ2v) is 3.93. The van der Waals surface area contributed by atoms with E-state index in [1.54, 1.807) is 24.3 Å². The van der Waals surface area contributed by atoms with Crippen molar-refractivity contribution in [2.45, 2.75) is 6.10 Å². The largest absolute Gasteiger partial charge is 0.465 e. The molecule has 1 N–H and O–H groups in total. The summed E-state index contributed by atoms with van der Waals surface area (Å²) < 4.78 is 4.66. The summed E-state index contributed by atoms with van der Waals surface area (Å²) in [5, 5.41) is 10.2. The highest BCUT2D eigenvalue weighted by molar-refractivity contribution is 5.89. The summed E-state index contributed by atoms with van der Waals surface area (Å²) in [6, 6.07) is 16.1. The van der Waals surface area contributed by atoms with Crippen LogP contribution in [0.25, 0.3) is 0 Å². The molecule has 0 fully saturated rings. The zero-order chi connectivity index (χ0) is 13.0. The van der Waals surface area contributed by atoms with Gasteiger partial charge in [-0.05, 0) is 23.3 Å². The molecule has 0 aliphatic heterocycles. The lowest BCUT2D eigenvalue weighted by molar-refractivity contribution is 0.0600. The summed E-state index contributed by atoms with van der Waals surface area (Å²) in [5.41, 5.74) is 1.90. The Labute approximate surface area is 106 Å². The summed E-state index contributed by atoms with van der Waals surface area (Å²) >= 11 is 0. The normalized spacial score (nSPS) is 11.9. The maximum atomic E-state index is 11.4. The molecule has 0 saturated heterocycles. The zero-order valence-corrected chi connectivity index (χ0v) is 10.0. The van der Waals surface area contributed by atoms with E-state index >= 15 is 0 Å². The van der Waals surface area contributed by atoms with E-state index in [1.165, 1.54) is 7.11 Å². The fraction of sp³-hybridized carbons (Fsp3) is 0.133. The first-order valence-electron chi connectivity index (χ1n) is 5.63. The lowest BCUT2D eigenvalue weighted by Crippen LogP contribution is -2.04. The molecule has 0 aromatic heterocycles. The first-order valence-corrected chi connectivity index (χ1v) is 5.63. The molecule has 1 atom stereocenters. The molecule has 18 heavy (non-hydrogen) atoms. The van der Waals surface area contributed by atoms with Gasteiger partial charge < -0.3 is 9.84 Å². The molecule has 3 heteroatoms. The molecule has 0 amide bonds. The topological polar surface area (TPSA) is 46.5 Å².